The highest BCUT2D eigenvalue weighted by Crippen LogP contribution is 2.36. The van der Waals surface area contributed by atoms with Gasteiger partial charge in [-0.1, -0.05) is 0 Å². The Morgan fingerprint density at radius 1 is 1.41 bits per heavy atom. The topological polar surface area (TPSA) is 39.7 Å². The maximum absolute atomic E-state index is 5.83. The van der Waals surface area contributed by atoms with Crippen molar-refractivity contribution in [3.63, 3.8) is 0 Å². The fraction of sp³-hybridized carbons (Fsp3) is 0.455. The van der Waals surface area contributed by atoms with Crippen molar-refractivity contribution in [2.75, 3.05) is 20.3 Å². The highest BCUT2D eigenvalue weighted by Gasteiger charge is 2.42. The minimum absolute atomic E-state index is 0. The van der Waals surface area contributed by atoms with Gasteiger partial charge in [0.15, 0.2) is 0 Å². The number of rotatable bonds is 1. The van der Waals surface area contributed by atoms with E-state index < -0.39 is 0 Å². The van der Waals surface area contributed by atoms with E-state index in [1.807, 2.05) is 13.1 Å². The van der Waals surface area contributed by atoms with Crippen LogP contribution in [-0.4, -0.2) is 33.6 Å². The Bertz CT molecular complexity index is 419. The van der Waals surface area contributed by atoms with Crippen LogP contribution in [0.1, 0.15) is 6.92 Å². The van der Waals surface area contributed by atoms with Gasteiger partial charge in [-0.25, -0.2) is 0 Å². The molecule has 92 valence electrons. The molecular formula is C11H15BClNO3. The van der Waals surface area contributed by atoms with E-state index in [1.54, 1.807) is 6.26 Å². The summed E-state index contributed by atoms with van der Waals surface area (Å²) in [5, 5.41) is 3.13. The summed E-state index contributed by atoms with van der Waals surface area (Å²) in [6, 6.07) is 0. The molecule has 3 aliphatic heterocycles. The van der Waals surface area contributed by atoms with Crippen LogP contribution in [-0.2, 0) is 14.0 Å². The molecule has 0 aliphatic carbocycles. The van der Waals surface area contributed by atoms with Crippen molar-refractivity contribution in [2.24, 2.45) is 0 Å². The van der Waals surface area contributed by atoms with E-state index in [9.17, 15) is 0 Å². The third-order valence-electron chi connectivity index (χ3n) is 3.24. The van der Waals surface area contributed by atoms with Crippen molar-refractivity contribution in [3.8, 4) is 0 Å². The molecule has 3 rings (SSSR count). The normalized spacial score (nSPS) is 26.5. The number of hydrogen-bond donors (Lipinski definition) is 1. The summed E-state index contributed by atoms with van der Waals surface area (Å²) >= 11 is 0. The van der Waals surface area contributed by atoms with E-state index in [2.05, 4.69) is 12.2 Å². The van der Waals surface area contributed by atoms with Gasteiger partial charge < -0.3 is 14.0 Å². The number of hydrogen-bond acceptors (Lipinski definition) is 4. The molecule has 0 saturated carbocycles. The second kappa shape index (κ2) is 4.86. The van der Waals surface area contributed by atoms with Gasteiger partial charge in [-0.05, 0) is 42.2 Å². The van der Waals surface area contributed by atoms with Crippen LogP contribution < -0.4 is 5.32 Å². The zero-order valence-electron chi connectivity index (χ0n) is 9.86. The van der Waals surface area contributed by atoms with Gasteiger partial charge in [0.2, 0.25) is 0 Å². The van der Waals surface area contributed by atoms with E-state index in [1.165, 1.54) is 16.7 Å². The molecule has 4 nitrogen and oxygen atoms in total. The quantitative estimate of drug-likeness (QED) is 0.715. The van der Waals surface area contributed by atoms with Crippen LogP contribution in [0.3, 0.4) is 0 Å². The minimum Gasteiger partial charge on any atom is -0.497 e. The maximum atomic E-state index is 5.83. The standard InChI is InChI=1S/C11H14BNO3.ClH/c1-7-9-3-4-14-5-8-6-15-12(10(8)9)16-11(7)13-2;/h3-4,11,13H,5-6H2,1-2H3;1H/t11-;/m0./s1. The van der Waals surface area contributed by atoms with Gasteiger partial charge >= 0.3 is 7.12 Å². The lowest BCUT2D eigenvalue weighted by Gasteiger charge is -2.29. The monoisotopic (exact) mass is 255 g/mol. The average Bonchev–Trinajstić information content (AvgIpc) is 2.57. The first-order valence-electron chi connectivity index (χ1n) is 5.47. The molecule has 0 aromatic rings. The van der Waals surface area contributed by atoms with E-state index in [4.69, 9.17) is 14.0 Å². The Morgan fingerprint density at radius 2 is 2.24 bits per heavy atom. The van der Waals surface area contributed by atoms with Crippen LogP contribution in [0.5, 0.6) is 0 Å². The summed E-state index contributed by atoms with van der Waals surface area (Å²) in [5.74, 6) is 0. The molecule has 0 fully saturated rings. The Balaban J connectivity index is 0.00000108. The van der Waals surface area contributed by atoms with Gasteiger partial charge in [-0.15, -0.1) is 12.4 Å². The highest BCUT2D eigenvalue weighted by molar-refractivity contribution is 6.57. The number of allylic oxidation sites excluding steroid dienone is 3. The molecule has 0 unspecified atom stereocenters. The molecule has 0 amide bonds. The second-order valence-electron chi connectivity index (χ2n) is 4.18. The van der Waals surface area contributed by atoms with Gasteiger partial charge in [0.05, 0.1) is 12.9 Å². The Kier molecular flexibility index (Phi) is 3.63. The first kappa shape index (κ1) is 12.7. The van der Waals surface area contributed by atoms with Gasteiger partial charge in [0.25, 0.3) is 0 Å². The lowest BCUT2D eigenvalue weighted by atomic mass is 9.69. The fourth-order valence-electron chi connectivity index (χ4n) is 2.40. The lowest BCUT2D eigenvalue weighted by Crippen LogP contribution is -2.41. The zero-order valence-corrected chi connectivity index (χ0v) is 10.7. The van der Waals surface area contributed by atoms with Crippen LogP contribution >= 0.6 is 12.4 Å². The van der Waals surface area contributed by atoms with Crippen LogP contribution in [0.4, 0.5) is 0 Å². The molecule has 0 aromatic carbocycles. The van der Waals surface area contributed by atoms with Crippen LogP contribution in [0.2, 0.25) is 0 Å². The number of likely N-dealkylation sites (N-methyl/N-ethyl adjacent to an activating group) is 1. The zero-order chi connectivity index (χ0) is 11.1. The number of nitrogens with one attached hydrogen (secondary N) is 1. The lowest BCUT2D eigenvalue weighted by molar-refractivity contribution is 0.152. The van der Waals surface area contributed by atoms with Gasteiger partial charge in [-0.2, -0.15) is 0 Å². The van der Waals surface area contributed by atoms with Crippen molar-refractivity contribution in [2.45, 2.75) is 13.2 Å². The molecule has 0 spiro atoms. The molecule has 1 N–H and O–H groups in total. The number of ether oxygens (including phenoxy) is 1. The summed E-state index contributed by atoms with van der Waals surface area (Å²) in [7, 11) is 1.65. The number of halogens is 1. The van der Waals surface area contributed by atoms with E-state index in [0.717, 1.165) is 5.47 Å². The molecule has 3 aliphatic rings. The van der Waals surface area contributed by atoms with Gasteiger partial charge in [0.1, 0.15) is 12.8 Å². The Morgan fingerprint density at radius 3 is 3.00 bits per heavy atom. The highest BCUT2D eigenvalue weighted by atomic mass is 35.5. The Labute approximate surface area is 107 Å². The van der Waals surface area contributed by atoms with Crippen molar-refractivity contribution < 1.29 is 14.0 Å². The fourth-order valence-corrected chi connectivity index (χ4v) is 2.40. The third kappa shape index (κ3) is 1.93. The molecule has 0 aromatic heterocycles. The smallest absolute Gasteiger partial charge is 0.496 e. The summed E-state index contributed by atoms with van der Waals surface area (Å²) < 4.78 is 16.9. The average molecular weight is 256 g/mol. The first-order chi connectivity index (χ1) is 7.81. The van der Waals surface area contributed by atoms with E-state index in [-0.39, 0.29) is 25.8 Å². The van der Waals surface area contributed by atoms with Crippen LogP contribution in [0.15, 0.2) is 34.5 Å². The van der Waals surface area contributed by atoms with E-state index >= 15 is 0 Å². The maximum Gasteiger partial charge on any atom is 0.496 e. The summed E-state index contributed by atoms with van der Waals surface area (Å²) in [6.07, 6.45) is 3.68. The molecular weight excluding hydrogens is 240 g/mol. The largest absolute Gasteiger partial charge is 0.497 e. The van der Waals surface area contributed by atoms with Crippen molar-refractivity contribution in [1.29, 1.82) is 0 Å². The Hall–Kier alpha value is -0.745. The van der Waals surface area contributed by atoms with Crippen molar-refractivity contribution in [1.82, 2.24) is 5.32 Å². The summed E-state index contributed by atoms with van der Waals surface area (Å²) in [4.78, 5) is 0. The molecule has 1 atom stereocenters. The van der Waals surface area contributed by atoms with Crippen LogP contribution in [0.25, 0.3) is 0 Å². The molecule has 0 bridgehead atoms. The molecule has 3 heterocycles. The van der Waals surface area contributed by atoms with Crippen molar-refractivity contribution >= 4 is 19.5 Å². The van der Waals surface area contributed by atoms with Crippen molar-refractivity contribution in [3.05, 3.63) is 34.5 Å². The molecule has 0 saturated heterocycles. The summed E-state index contributed by atoms with van der Waals surface area (Å²) in [6.45, 7) is 3.28. The van der Waals surface area contributed by atoms with Crippen LogP contribution in [0, 0.1) is 0 Å². The van der Waals surface area contributed by atoms with Gasteiger partial charge in [-0.3, -0.25) is 5.32 Å². The minimum atomic E-state index is -0.238. The summed E-state index contributed by atoms with van der Waals surface area (Å²) in [5.41, 5.74) is 4.73. The second-order valence-corrected chi connectivity index (χ2v) is 4.18. The third-order valence-corrected chi connectivity index (χ3v) is 3.24. The van der Waals surface area contributed by atoms with Gasteiger partial charge in [0, 0.05) is 0 Å². The molecule has 0 radical (unpaired) electrons. The molecule has 6 heteroatoms. The predicted molar refractivity (Wildman–Crippen MR) is 67.7 cm³/mol. The predicted octanol–water partition coefficient (Wildman–Crippen LogP) is 1.20. The SMILES string of the molecule is CN[C@H]1OB2OCC3=C2C(=C1C)C=COC3.Cl. The van der Waals surface area contributed by atoms with E-state index in [0.29, 0.717) is 13.2 Å². The molecule has 17 heavy (non-hydrogen) atoms. The first-order valence-corrected chi connectivity index (χ1v) is 5.47.